The fraction of sp³-hybridized carbons (Fsp3) is 0.211. The smallest absolute Gasteiger partial charge is 0.249 e. The molecule has 2 amide bonds. The maximum atomic E-state index is 12.2. The lowest BCUT2D eigenvalue weighted by atomic mass is 10.0. The summed E-state index contributed by atoms with van der Waals surface area (Å²) in [4.78, 5) is 26.5. The number of nitrogens with one attached hydrogen (secondary N) is 1. The van der Waals surface area contributed by atoms with Crippen molar-refractivity contribution in [2.75, 3.05) is 11.9 Å². The Kier molecular flexibility index (Phi) is 5.40. The number of halogens is 1. The molecule has 132 valence electrons. The Morgan fingerprint density at radius 3 is 2.85 bits per heavy atom. The standard InChI is InChI=1S/C19H16ClN3O2S/c1-12(24)23-9-8-14-15(10-21)19(26-17(14)11-23)22-18(25)7-6-13-4-2-3-5-16(13)20/h2-7H,8-9,11H2,1H3,(H,22,25)/b7-6+. The summed E-state index contributed by atoms with van der Waals surface area (Å²) >= 11 is 7.42. The average molecular weight is 386 g/mol. The summed E-state index contributed by atoms with van der Waals surface area (Å²) in [6.07, 6.45) is 3.65. The van der Waals surface area contributed by atoms with Crippen LogP contribution in [-0.4, -0.2) is 23.3 Å². The molecule has 0 saturated carbocycles. The van der Waals surface area contributed by atoms with Crippen molar-refractivity contribution in [3.8, 4) is 6.07 Å². The van der Waals surface area contributed by atoms with Crippen LogP contribution in [0, 0.1) is 11.3 Å². The summed E-state index contributed by atoms with van der Waals surface area (Å²) in [5, 5.41) is 13.3. The van der Waals surface area contributed by atoms with Crippen LogP contribution in [0.3, 0.4) is 0 Å². The average Bonchev–Trinajstić information content (AvgIpc) is 2.96. The van der Waals surface area contributed by atoms with E-state index < -0.39 is 0 Å². The quantitative estimate of drug-likeness (QED) is 0.816. The molecular formula is C19H16ClN3O2S. The van der Waals surface area contributed by atoms with Crippen molar-refractivity contribution in [1.82, 2.24) is 4.90 Å². The second-order valence-electron chi connectivity index (χ2n) is 5.85. The van der Waals surface area contributed by atoms with Gasteiger partial charge in [-0.1, -0.05) is 29.8 Å². The van der Waals surface area contributed by atoms with E-state index in [1.807, 2.05) is 18.2 Å². The molecule has 26 heavy (non-hydrogen) atoms. The first-order valence-corrected chi connectivity index (χ1v) is 9.22. The van der Waals surface area contributed by atoms with E-state index in [0.29, 0.717) is 35.1 Å². The monoisotopic (exact) mass is 385 g/mol. The van der Waals surface area contributed by atoms with Crippen LogP contribution in [0.25, 0.3) is 6.08 Å². The van der Waals surface area contributed by atoms with E-state index in [0.717, 1.165) is 16.0 Å². The van der Waals surface area contributed by atoms with Gasteiger partial charge in [0.15, 0.2) is 0 Å². The van der Waals surface area contributed by atoms with Gasteiger partial charge < -0.3 is 10.2 Å². The van der Waals surface area contributed by atoms with E-state index in [9.17, 15) is 14.9 Å². The molecule has 1 aliphatic heterocycles. The Balaban J connectivity index is 1.78. The van der Waals surface area contributed by atoms with Crippen LogP contribution in [0.2, 0.25) is 5.02 Å². The fourth-order valence-corrected chi connectivity index (χ4v) is 4.22. The largest absolute Gasteiger partial charge is 0.337 e. The Labute approximate surface area is 160 Å². The Morgan fingerprint density at radius 2 is 2.15 bits per heavy atom. The number of carbonyl (C=O) groups is 2. The number of anilines is 1. The molecule has 1 aromatic heterocycles. The summed E-state index contributed by atoms with van der Waals surface area (Å²) in [7, 11) is 0. The maximum absolute atomic E-state index is 12.2. The number of benzene rings is 1. The van der Waals surface area contributed by atoms with Crippen molar-refractivity contribution >= 4 is 45.8 Å². The number of hydrogen-bond acceptors (Lipinski definition) is 4. The zero-order valence-electron chi connectivity index (χ0n) is 14.1. The SMILES string of the molecule is CC(=O)N1CCc2c(sc(NC(=O)/C=C/c3ccccc3Cl)c2C#N)C1. The van der Waals surface area contributed by atoms with E-state index >= 15 is 0 Å². The third kappa shape index (κ3) is 3.79. The minimum atomic E-state index is -0.330. The summed E-state index contributed by atoms with van der Waals surface area (Å²) in [5.74, 6) is -0.320. The highest BCUT2D eigenvalue weighted by molar-refractivity contribution is 7.16. The molecule has 1 N–H and O–H groups in total. The van der Waals surface area contributed by atoms with Crippen molar-refractivity contribution in [3.63, 3.8) is 0 Å². The molecule has 0 fully saturated rings. The molecule has 0 bridgehead atoms. The molecule has 0 saturated heterocycles. The van der Waals surface area contributed by atoms with E-state index in [-0.39, 0.29) is 11.8 Å². The zero-order chi connectivity index (χ0) is 18.7. The highest BCUT2D eigenvalue weighted by atomic mass is 35.5. The number of nitrogens with zero attached hydrogens (tertiary/aromatic N) is 2. The van der Waals surface area contributed by atoms with Gasteiger partial charge >= 0.3 is 0 Å². The molecule has 0 aliphatic carbocycles. The molecule has 7 heteroatoms. The summed E-state index contributed by atoms with van der Waals surface area (Å²) in [5.41, 5.74) is 2.17. The molecule has 0 radical (unpaired) electrons. The van der Waals surface area contributed by atoms with Gasteiger partial charge in [0, 0.05) is 29.4 Å². The second kappa shape index (κ2) is 7.73. The van der Waals surface area contributed by atoms with Crippen LogP contribution in [-0.2, 0) is 22.6 Å². The minimum absolute atomic E-state index is 0.0100. The number of rotatable bonds is 3. The Hall–Kier alpha value is -2.62. The highest BCUT2D eigenvalue weighted by Crippen LogP contribution is 2.36. The number of carbonyl (C=O) groups excluding carboxylic acids is 2. The maximum Gasteiger partial charge on any atom is 0.249 e. The van der Waals surface area contributed by atoms with Gasteiger partial charge in [0.1, 0.15) is 11.1 Å². The minimum Gasteiger partial charge on any atom is -0.337 e. The molecule has 1 aliphatic rings. The van der Waals surface area contributed by atoms with Gasteiger partial charge in [0.25, 0.3) is 0 Å². The first-order valence-electron chi connectivity index (χ1n) is 8.03. The Morgan fingerprint density at radius 1 is 1.38 bits per heavy atom. The van der Waals surface area contributed by atoms with Gasteiger partial charge in [-0.15, -0.1) is 11.3 Å². The van der Waals surface area contributed by atoms with Gasteiger partial charge in [-0.2, -0.15) is 5.26 Å². The topological polar surface area (TPSA) is 73.2 Å². The van der Waals surface area contributed by atoms with Gasteiger partial charge in [-0.05, 0) is 29.7 Å². The highest BCUT2D eigenvalue weighted by Gasteiger charge is 2.25. The molecule has 2 aromatic rings. The van der Waals surface area contributed by atoms with E-state index in [4.69, 9.17) is 11.6 Å². The lowest BCUT2D eigenvalue weighted by Crippen LogP contribution is -2.33. The molecule has 5 nitrogen and oxygen atoms in total. The van der Waals surface area contributed by atoms with Gasteiger partial charge in [-0.25, -0.2) is 0 Å². The van der Waals surface area contributed by atoms with Crippen LogP contribution in [0.5, 0.6) is 0 Å². The predicted octanol–water partition coefficient (Wildman–Crippen LogP) is 3.83. The van der Waals surface area contributed by atoms with Crippen LogP contribution < -0.4 is 5.32 Å². The van der Waals surface area contributed by atoms with Crippen molar-refractivity contribution in [2.45, 2.75) is 19.9 Å². The fourth-order valence-electron chi connectivity index (χ4n) is 2.81. The number of hydrogen-bond donors (Lipinski definition) is 1. The molecule has 0 unspecified atom stereocenters. The third-order valence-corrected chi connectivity index (χ3v) is 5.65. The van der Waals surface area contributed by atoms with E-state index in [1.54, 1.807) is 17.0 Å². The number of thiophene rings is 1. The van der Waals surface area contributed by atoms with Crippen molar-refractivity contribution in [3.05, 3.63) is 56.9 Å². The summed E-state index contributed by atoms with van der Waals surface area (Å²) < 4.78 is 0. The number of amides is 2. The van der Waals surface area contributed by atoms with Crippen LogP contribution >= 0.6 is 22.9 Å². The summed E-state index contributed by atoms with van der Waals surface area (Å²) in [6, 6.07) is 9.40. The zero-order valence-corrected chi connectivity index (χ0v) is 15.7. The summed E-state index contributed by atoms with van der Waals surface area (Å²) in [6.45, 7) is 2.61. The molecule has 0 spiro atoms. The lowest BCUT2D eigenvalue weighted by Gasteiger charge is -2.25. The third-order valence-electron chi connectivity index (χ3n) is 4.17. The number of nitriles is 1. The van der Waals surface area contributed by atoms with Crippen LogP contribution in [0.15, 0.2) is 30.3 Å². The molecule has 0 atom stereocenters. The van der Waals surface area contributed by atoms with Crippen LogP contribution in [0.4, 0.5) is 5.00 Å². The van der Waals surface area contributed by atoms with Crippen molar-refractivity contribution in [2.24, 2.45) is 0 Å². The lowest BCUT2D eigenvalue weighted by molar-refractivity contribution is -0.129. The van der Waals surface area contributed by atoms with Crippen LogP contribution in [0.1, 0.15) is 28.5 Å². The Bertz CT molecular complexity index is 943. The molecule has 1 aromatic carbocycles. The predicted molar refractivity (Wildman–Crippen MR) is 103 cm³/mol. The molecule has 2 heterocycles. The second-order valence-corrected chi connectivity index (χ2v) is 7.37. The molecular weight excluding hydrogens is 370 g/mol. The number of fused-ring (bicyclic) bond motifs is 1. The van der Waals surface area contributed by atoms with Gasteiger partial charge in [-0.3, -0.25) is 9.59 Å². The van der Waals surface area contributed by atoms with Gasteiger partial charge in [0.2, 0.25) is 11.8 Å². The first kappa shape index (κ1) is 18.2. The first-order chi connectivity index (χ1) is 12.5. The van der Waals surface area contributed by atoms with Crippen molar-refractivity contribution in [1.29, 1.82) is 5.26 Å². The van der Waals surface area contributed by atoms with Gasteiger partial charge in [0.05, 0.1) is 12.1 Å². The normalized spacial score (nSPS) is 13.3. The molecule has 3 rings (SSSR count). The van der Waals surface area contributed by atoms with E-state index in [2.05, 4.69) is 11.4 Å². The van der Waals surface area contributed by atoms with E-state index in [1.165, 1.54) is 24.3 Å². The van der Waals surface area contributed by atoms with Crippen molar-refractivity contribution < 1.29 is 9.59 Å².